The molecule has 1 aliphatic heterocycles. The molecular weight excluding hydrogens is 252 g/mol. The van der Waals surface area contributed by atoms with E-state index in [1.807, 2.05) is 11.7 Å². The smallest absolute Gasteiger partial charge is 0.140 e. The zero-order chi connectivity index (χ0) is 14.7. The van der Waals surface area contributed by atoms with Gasteiger partial charge in [-0.2, -0.15) is 5.10 Å². The van der Waals surface area contributed by atoms with Gasteiger partial charge in [-0.25, -0.2) is 0 Å². The normalized spacial score (nSPS) is 21.3. The molecule has 0 amide bonds. The molecule has 1 aromatic rings. The number of likely N-dealkylation sites (N-methyl/N-ethyl adjacent to an activating group) is 2. The molecule has 0 bridgehead atoms. The zero-order valence-electron chi connectivity index (χ0n) is 13.1. The summed E-state index contributed by atoms with van der Waals surface area (Å²) in [5.41, 5.74) is 2.09. The Bertz CT molecular complexity index is 468. The van der Waals surface area contributed by atoms with E-state index in [-0.39, 0.29) is 0 Å². The summed E-state index contributed by atoms with van der Waals surface area (Å²) >= 11 is 0. The van der Waals surface area contributed by atoms with Crippen molar-refractivity contribution in [1.29, 1.82) is 0 Å². The van der Waals surface area contributed by atoms with E-state index in [1.54, 1.807) is 0 Å². The van der Waals surface area contributed by atoms with Crippen molar-refractivity contribution in [2.75, 3.05) is 33.7 Å². The van der Waals surface area contributed by atoms with Crippen LogP contribution in [0.4, 0.5) is 0 Å². The summed E-state index contributed by atoms with van der Waals surface area (Å²) in [4.78, 5) is 16.9. The molecule has 0 aromatic carbocycles. The van der Waals surface area contributed by atoms with Crippen molar-refractivity contribution in [1.82, 2.24) is 19.6 Å². The van der Waals surface area contributed by atoms with E-state index in [1.165, 1.54) is 0 Å². The molecule has 0 N–H and O–H groups in total. The lowest BCUT2D eigenvalue weighted by Gasteiger charge is -2.37. The lowest BCUT2D eigenvalue weighted by Crippen LogP contribution is -2.50. The molecule has 0 aliphatic carbocycles. The quantitative estimate of drug-likeness (QED) is 0.796. The van der Waals surface area contributed by atoms with E-state index < -0.39 is 0 Å². The number of aryl methyl sites for hydroxylation is 2. The topological polar surface area (TPSA) is 41.4 Å². The highest BCUT2D eigenvalue weighted by atomic mass is 16.1. The number of nitrogens with zero attached hydrogens (tertiary/aromatic N) is 4. The lowest BCUT2D eigenvalue weighted by atomic mass is 10.0. The average Bonchev–Trinajstić information content (AvgIpc) is 2.74. The summed E-state index contributed by atoms with van der Waals surface area (Å²) in [6, 6.07) is 2.40. The summed E-state index contributed by atoms with van der Waals surface area (Å²) in [7, 11) is 6.16. The van der Waals surface area contributed by atoms with Gasteiger partial charge in [0.15, 0.2) is 0 Å². The van der Waals surface area contributed by atoms with Crippen LogP contribution in [0, 0.1) is 0 Å². The van der Waals surface area contributed by atoms with E-state index in [9.17, 15) is 4.79 Å². The van der Waals surface area contributed by atoms with Crippen molar-refractivity contribution in [3.63, 3.8) is 0 Å². The monoisotopic (exact) mass is 278 g/mol. The molecule has 112 valence electrons. The Morgan fingerprint density at radius 2 is 2.10 bits per heavy atom. The van der Waals surface area contributed by atoms with E-state index in [0.717, 1.165) is 37.4 Å². The first-order valence-electron chi connectivity index (χ1n) is 7.42. The van der Waals surface area contributed by atoms with E-state index >= 15 is 0 Å². The number of aromatic nitrogens is 2. The Labute approximate surface area is 121 Å². The first-order chi connectivity index (χ1) is 9.49. The van der Waals surface area contributed by atoms with Gasteiger partial charge in [-0.05, 0) is 26.6 Å². The molecule has 5 nitrogen and oxygen atoms in total. The molecule has 1 aliphatic rings. The van der Waals surface area contributed by atoms with Crippen molar-refractivity contribution >= 4 is 5.78 Å². The van der Waals surface area contributed by atoms with Crippen LogP contribution >= 0.6 is 0 Å². The highest BCUT2D eigenvalue weighted by molar-refractivity contribution is 5.81. The summed E-state index contributed by atoms with van der Waals surface area (Å²) in [6.45, 7) is 5.19. The van der Waals surface area contributed by atoms with Gasteiger partial charge in [0.25, 0.3) is 0 Å². The first kappa shape index (κ1) is 15.2. The Hall–Kier alpha value is -1.20. The van der Waals surface area contributed by atoms with E-state index in [4.69, 9.17) is 0 Å². The van der Waals surface area contributed by atoms with Crippen LogP contribution in [0.5, 0.6) is 0 Å². The number of carbonyl (C=O) groups excluding carboxylic acids is 1. The fourth-order valence-electron chi connectivity index (χ4n) is 2.77. The maximum Gasteiger partial charge on any atom is 0.140 e. The number of rotatable bonds is 5. The predicted octanol–water partition coefficient (Wildman–Crippen LogP) is 0.730. The minimum absolute atomic E-state index is 0.308. The van der Waals surface area contributed by atoms with E-state index in [0.29, 0.717) is 24.7 Å². The molecule has 0 spiro atoms. The second kappa shape index (κ2) is 6.50. The van der Waals surface area contributed by atoms with Crippen molar-refractivity contribution < 1.29 is 4.79 Å². The molecule has 1 saturated heterocycles. The molecule has 0 saturated carbocycles. The van der Waals surface area contributed by atoms with Gasteiger partial charge >= 0.3 is 0 Å². The van der Waals surface area contributed by atoms with Gasteiger partial charge < -0.3 is 9.80 Å². The van der Waals surface area contributed by atoms with Gasteiger partial charge in [0.1, 0.15) is 5.78 Å². The largest absolute Gasteiger partial charge is 0.304 e. The third kappa shape index (κ3) is 3.67. The van der Waals surface area contributed by atoms with Crippen LogP contribution in [-0.2, 0) is 24.7 Å². The van der Waals surface area contributed by atoms with Gasteiger partial charge in [-0.1, -0.05) is 6.92 Å². The second-order valence-corrected chi connectivity index (χ2v) is 5.92. The van der Waals surface area contributed by atoms with Gasteiger partial charge in [0, 0.05) is 51.3 Å². The van der Waals surface area contributed by atoms with Crippen molar-refractivity contribution in [2.45, 2.75) is 32.2 Å². The van der Waals surface area contributed by atoms with Crippen LogP contribution in [-0.4, -0.2) is 65.1 Å². The second-order valence-electron chi connectivity index (χ2n) is 5.92. The third-order valence-corrected chi connectivity index (χ3v) is 4.21. The van der Waals surface area contributed by atoms with E-state index in [2.05, 4.69) is 42.0 Å². The fourth-order valence-corrected chi connectivity index (χ4v) is 2.77. The Kier molecular flexibility index (Phi) is 4.94. The summed E-state index contributed by atoms with van der Waals surface area (Å²) < 4.78 is 1.84. The van der Waals surface area contributed by atoms with Crippen molar-refractivity contribution in [3.8, 4) is 0 Å². The maximum atomic E-state index is 12.3. The number of piperazine rings is 1. The maximum absolute atomic E-state index is 12.3. The number of carbonyl (C=O) groups is 1. The van der Waals surface area contributed by atoms with Crippen LogP contribution in [0.25, 0.3) is 0 Å². The van der Waals surface area contributed by atoms with Crippen LogP contribution in [0.2, 0.25) is 0 Å². The third-order valence-electron chi connectivity index (χ3n) is 4.21. The van der Waals surface area contributed by atoms with Crippen molar-refractivity contribution in [2.24, 2.45) is 7.05 Å². The molecule has 0 radical (unpaired) electrons. The number of Topliss-reactive ketones (excluding diaryl/α,β-unsaturated/α-hetero) is 1. The molecule has 20 heavy (non-hydrogen) atoms. The Balaban J connectivity index is 1.92. The fraction of sp³-hybridized carbons (Fsp3) is 0.733. The SMILES string of the molecule is CCc1cc(CC(=O)CC2CN(C)CCN2C)n(C)n1. The molecule has 2 heterocycles. The van der Waals surface area contributed by atoms with Crippen LogP contribution < -0.4 is 0 Å². The number of hydrogen-bond acceptors (Lipinski definition) is 4. The molecule has 1 fully saturated rings. The molecule has 1 aromatic heterocycles. The van der Waals surface area contributed by atoms with Crippen molar-refractivity contribution in [3.05, 3.63) is 17.5 Å². The Morgan fingerprint density at radius 1 is 1.35 bits per heavy atom. The van der Waals surface area contributed by atoms with Gasteiger partial charge in [-0.15, -0.1) is 0 Å². The average molecular weight is 278 g/mol. The zero-order valence-corrected chi connectivity index (χ0v) is 13.1. The lowest BCUT2D eigenvalue weighted by molar-refractivity contribution is -0.120. The van der Waals surface area contributed by atoms with Gasteiger partial charge in [-0.3, -0.25) is 9.48 Å². The molecule has 2 rings (SSSR count). The highest BCUT2D eigenvalue weighted by Gasteiger charge is 2.24. The minimum Gasteiger partial charge on any atom is -0.304 e. The minimum atomic E-state index is 0.308. The number of ketones is 1. The molecule has 5 heteroatoms. The molecule has 1 atom stereocenters. The highest BCUT2D eigenvalue weighted by Crippen LogP contribution is 2.12. The molecular formula is C15H26N4O. The first-order valence-corrected chi connectivity index (χ1v) is 7.42. The summed E-state index contributed by atoms with van der Waals surface area (Å²) in [6.07, 6.45) is 2.04. The standard InChI is InChI=1S/C15H26N4O/c1-5-12-8-13(19(4)16-12)9-15(20)10-14-11-17(2)6-7-18(14)3/h8,14H,5-7,9-11H2,1-4H3. The predicted molar refractivity (Wildman–Crippen MR) is 79.8 cm³/mol. The number of hydrogen-bond donors (Lipinski definition) is 0. The van der Waals surface area contributed by atoms with Crippen LogP contribution in [0.3, 0.4) is 0 Å². The summed E-state index contributed by atoms with van der Waals surface area (Å²) in [5.74, 6) is 0.308. The molecule has 1 unspecified atom stereocenters. The van der Waals surface area contributed by atoms with Crippen LogP contribution in [0.1, 0.15) is 24.7 Å². The Morgan fingerprint density at radius 3 is 2.75 bits per heavy atom. The van der Waals surface area contributed by atoms with Gasteiger partial charge in [0.05, 0.1) is 5.69 Å². The van der Waals surface area contributed by atoms with Crippen LogP contribution in [0.15, 0.2) is 6.07 Å². The summed E-state index contributed by atoms with van der Waals surface area (Å²) in [5, 5.41) is 4.40. The van der Waals surface area contributed by atoms with Gasteiger partial charge in [0.2, 0.25) is 0 Å².